The molecular weight excluding hydrogens is 757 g/mol. The summed E-state index contributed by atoms with van der Waals surface area (Å²) in [4.78, 5) is 48.3. The number of nitrogens with one attached hydrogen (secondary N) is 3. The van der Waals surface area contributed by atoms with Crippen LogP contribution in [0.15, 0.2) is 89.9 Å². The fraction of sp³-hybridized carbons (Fsp3) is 0.404. The summed E-state index contributed by atoms with van der Waals surface area (Å²) in [5, 5.41) is 9.35. The molecule has 2 heterocycles. The predicted octanol–water partition coefficient (Wildman–Crippen LogP) is 4.05. The highest BCUT2D eigenvalue weighted by atomic mass is 16.5. The number of rotatable bonds is 18. The minimum atomic E-state index is -1.16. The summed E-state index contributed by atoms with van der Waals surface area (Å²) in [6, 6.07) is 25.0. The van der Waals surface area contributed by atoms with Gasteiger partial charge in [0, 0.05) is 62.5 Å². The summed E-state index contributed by atoms with van der Waals surface area (Å²) in [5.74, 6) is -0.169. The van der Waals surface area contributed by atoms with Gasteiger partial charge in [0.05, 0.1) is 12.6 Å². The third kappa shape index (κ3) is 11.4. The average molecular weight is 817 g/mol. The number of aliphatic imine (C=N–C) groups is 1. The number of ether oxygens (including phenoxy) is 2. The molecule has 4 atom stereocenters. The third-order valence-electron chi connectivity index (χ3n) is 11.0. The van der Waals surface area contributed by atoms with E-state index in [0.29, 0.717) is 60.7 Å². The largest absolute Gasteiger partial charge is 0.492 e. The van der Waals surface area contributed by atoms with Gasteiger partial charge in [-0.2, -0.15) is 0 Å². The lowest BCUT2D eigenvalue weighted by Gasteiger charge is -2.32. The maximum atomic E-state index is 14.5. The minimum Gasteiger partial charge on any atom is -0.492 e. The van der Waals surface area contributed by atoms with E-state index >= 15 is 0 Å². The van der Waals surface area contributed by atoms with Crippen molar-refractivity contribution in [2.45, 2.75) is 76.7 Å². The van der Waals surface area contributed by atoms with E-state index in [1.165, 1.54) is 23.3 Å². The summed E-state index contributed by atoms with van der Waals surface area (Å²) < 4.78 is 12.3. The Balaban J connectivity index is 1.30. The number of amides is 3. The van der Waals surface area contributed by atoms with Crippen molar-refractivity contribution in [1.82, 2.24) is 20.9 Å². The van der Waals surface area contributed by atoms with E-state index < -0.39 is 24.0 Å². The molecule has 0 saturated carbocycles. The number of hydrogen-bond acceptors (Lipinski definition) is 10. The Morgan fingerprint density at radius 3 is 2.07 bits per heavy atom. The number of benzene rings is 4. The molecule has 13 heteroatoms. The number of carbonyl (C=O) groups is 3. The highest BCUT2D eigenvalue weighted by Crippen LogP contribution is 2.40. The van der Waals surface area contributed by atoms with Crippen LogP contribution >= 0.6 is 0 Å². The number of aryl methyl sites for hydroxylation is 1. The van der Waals surface area contributed by atoms with Crippen LogP contribution in [0, 0.1) is 0 Å². The van der Waals surface area contributed by atoms with Gasteiger partial charge in [0.15, 0.2) is 0 Å². The highest BCUT2D eigenvalue weighted by Gasteiger charge is 2.35. The number of fused-ring (bicyclic) bond motifs is 5. The number of nitrogens with zero attached hydrogens (tertiary/aromatic N) is 2. The van der Waals surface area contributed by atoms with E-state index in [0.717, 1.165) is 34.4 Å². The SMILES string of the molecule is CCCCc1ccc(-c2ccc(CN[C@@H](CN)C(=O)N(C)[C@@H]3C(=O)N[C@@H](C)C(=O)N[C@H](CC4=NC4)Cc4ccc(OCCN)c(c4)-c4cc3ccc4OCCN)cc2)cc1. The van der Waals surface area contributed by atoms with Crippen molar-refractivity contribution in [2.24, 2.45) is 22.2 Å². The zero-order valence-corrected chi connectivity index (χ0v) is 35.0. The molecule has 318 valence electrons. The zero-order chi connectivity index (χ0) is 42.6. The predicted molar refractivity (Wildman–Crippen MR) is 237 cm³/mol. The summed E-state index contributed by atoms with van der Waals surface area (Å²) in [6.45, 7) is 5.98. The first-order valence-corrected chi connectivity index (χ1v) is 21.1. The van der Waals surface area contributed by atoms with Crippen LogP contribution in [0.4, 0.5) is 0 Å². The lowest BCUT2D eigenvalue weighted by molar-refractivity contribution is -0.141. The molecule has 9 N–H and O–H groups in total. The molecule has 4 bridgehead atoms. The van der Waals surface area contributed by atoms with Gasteiger partial charge in [0.1, 0.15) is 36.8 Å². The van der Waals surface area contributed by atoms with Crippen molar-refractivity contribution < 1.29 is 23.9 Å². The Kier molecular flexibility index (Phi) is 15.4. The molecule has 2 aliphatic heterocycles. The smallest absolute Gasteiger partial charge is 0.248 e. The minimum absolute atomic E-state index is 0.0167. The van der Waals surface area contributed by atoms with Gasteiger partial charge in [-0.05, 0) is 83.8 Å². The third-order valence-corrected chi connectivity index (χ3v) is 11.0. The number of carbonyl (C=O) groups excluding carboxylic acids is 3. The van der Waals surface area contributed by atoms with Crippen molar-refractivity contribution in [2.75, 3.05) is 46.4 Å². The van der Waals surface area contributed by atoms with Crippen LogP contribution in [0.5, 0.6) is 11.5 Å². The van der Waals surface area contributed by atoms with Gasteiger partial charge in [0.2, 0.25) is 17.7 Å². The van der Waals surface area contributed by atoms with Crippen LogP contribution in [0.1, 0.15) is 61.4 Å². The van der Waals surface area contributed by atoms with Gasteiger partial charge < -0.3 is 47.5 Å². The van der Waals surface area contributed by atoms with Gasteiger partial charge >= 0.3 is 0 Å². The van der Waals surface area contributed by atoms with Crippen LogP contribution in [-0.4, -0.2) is 92.9 Å². The molecule has 4 aromatic carbocycles. The van der Waals surface area contributed by atoms with Crippen LogP contribution in [0.2, 0.25) is 0 Å². The summed E-state index contributed by atoms with van der Waals surface area (Å²) in [6.07, 6.45) is 4.51. The second-order valence-electron chi connectivity index (χ2n) is 15.6. The fourth-order valence-electron chi connectivity index (χ4n) is 7.54. The molecule has 6 rings (SSSR count). The molecule has 0 saturated heterocycles. The molecule has 13 nitrogen and oxygen atoms in total. The number of hydrogen-bond donors (Lipinski definition) is 6. The standard InChI is InChI=1S/C47H60N8O5/c1-4-5-6-31-7-12-34(13-8-31)35-14-9-32(10-15-35)28-52-41(27-50)47(58)55(3)44-36-16-18-43(60-22-20-49)40(25-36)39-24-33(11-17-42(39)59-21-19-48)23-37(26-38-29-51-38)54-45(56)30(2)53-46(44)57/h7-18,24-25,30,37,41,44,52H,4-6,19-23,26-29,48-50H2,1-3H3,(H,53,57)(H,54,56)/t30-,37-,41-,44-/m0/s1. The lowest BCUT2D eigenvalue weighted by atomic mass is 9.93. The second-order valence-corrected chi connectivity index (χ2v) is 15.6. The van der Waals surface area contributed by atoms with Crippen molar-refractivity contribution in [3.63, 3.8) is 0 Å². The second kappa shape index (κ2) is 21.1. The van der Waals surface area contributed by atoms with Crippen LogP contribution < -0.4 is 42.6 Å². The van der Waals surface area contributed by atoms with Gasteiger partial charge in [-0.3, -0.25) is 19.4 Å². The first-order valence-electron chi connectivity index (χ1n) is 21.1. The fourth-order valence-corrected chi connectivity index (χ4v) is 7.54. The molecule has 0 spiro atoms. The first kappa shape index (κ1) is 44.0. The Bertz CT molecular complexity index is 2120. The normalized spacial score (nSPS) is 18.0. The van der Waals surface area contributed by atoms with Gasteiger partial charge in [-0.25, -0.2) is 0 Å². The van der Waals surface area contributed by atoms with Crippen LogP contribution in [-0.2, 0) is 33.8 Å². The first-order chi connectivity index (χ1) is 29.1. The number of likely N-dealkylation sites (N-methyl/N-ethyl adjacent to an activating group) is 1. The Morgan fingerprint density at radius 2 is 1.47 bits per heavy atom. The van der Waals surface area contributed by atoms with E-state index in [1.54, 1.807) is 26.1 Å². The molecule has 0 fully saturated rings. The van der Waals surface area contributed by atoms with Crippen molar-refractivity contribution in [3.8, 4) is 33.8 Å². The Hall–Kier alpha value is -5.60. The topological polar surface area (TPSA) is 199 Å². The number of unbranched alkanes of at least 4 members (excludes halogenated alkanes) is 1. The molecular formula is C47H60N8O5. The van der Waals surface area contributed by atoms with Gasteiger partial charge in [-0.1, -0.05) is 74.0 Å². The van der Waals surface area contributed by atoms with E-state index in [1.807, 2.05) is 36.4 Å². The van der Waals surface area contributed by atoms with Gasteiger partial charge in [-0.15, -0.1) is 0 Å². The molecule has 4 aromatic rings. The van der Waals surface area contributed by atoms with E-state index in [9.17, 15) is 14.4 Å². The monoisotopic (exact) mass is 816 g/mol. The Morgan fingerprint density at radius 1 is 0.850 bits per heavy atom. The molecule has 0 aromatic heterocycles. The van der Waals surface area contributed by atoms with Crippen LogP contribution in [0.25, 0.3) is 22.3 Å². The summed E-state index contributed by atoms with van der Waals surface area (Å²) in [7, 11) is 1.58. The highest BCUT2D eigenvalue weighted by molar-refractivity contribution is 5.98. The molecule has 3 amide bonds. The molecule has 0 unspecified atom stereocenters. The summed E-state index contributed by atoms with van der Waals surface area (Å²) in [5.41, 5.74) is 26.3. The van der Waals surface area contributed by atoms with E-state index in [-0.39, 0.29) is 44.2 Å². The van der Waals surface area contributed by atoms with Crippen molar-refractivity contribution in [3.05, 3.63) is 107 Å². The van der Waals surface area contributed by atoms with E-state index in [2.05, 4.69) is 64.3 Å². The Labute approximate surface area is 353 Å². The van der Waals surface area contributed by atoms with E-state index in [4.69, 9.17) is 26.7 Å². The van der Waals surface area contributed by atoms with Crippen molar-refractivity contribution >= 4 is 23.4 Å². The quantitative estimate of drug-likeness (QED) is 0.0858. The zero-order valence-electron chi connectivity index (χ0n) is 35.0. The molecule has 0 aliphatic carbocycles. The maximum Gasteiger partial charge on any atom is 0.248 e. The molecule has 60 heavy (non-hydrogen) atoms. The molecule has 0 radical (unpaired) electrons. The summed E-state index contributed by atoms with van der Waals surface area (Å²) >= 11 is 0. The van der Waals surface area contributed by atoms with Crippen LogP contribution in [0.3, 0.4) is 0 Å². The lowest BCUT2D eigenvalue weighted by Crippen LogP contribution is -2.54. The van der Waals surface area contributed by atoms with Gasteiger partial charge in [0.25, 0.3) is 0 Å². The van der Waals surface area contributed by atoms with Crippen molar-refractivity contribution in [1.29, 1.82) is 0 Å². The number of nitrogens with two attached hydrogens (primary N) is 3. The average Bonchev–Trinajstić information content (AvgIpc) is 4.08. The maximum absolute atomic E-state index is 14.5. The molecule has 2 aliphatic rings.